The molecule has 1 atom stereocenters. The van der Waals surface area contributed by atoms with Crippen LogP contribution in [-0.4, -0.2) is 52.7 Å². The number of anilines is 1. The van der Waals surface area contributed by atoms with Crippen molar-refractivity contribution >= 4 is 28.4 Å². The van der Waals surface area contributed by atoms with Gasteiger partial charge in [0, 0.05) is 35.7 Å². The normalized spacial score (nSPS) is 14.4. The summed E-state index contributed by atoms with van der Waals surface area (Å²) in [6.07, 6.45) is 13.7. The minimum absolute atomic E-state index is 0.0781. The number of nitrogens with zero attached hydrogens (tertiary/aromatic N) is 6. The van der Waals surface area contributed by atoms with Gasteiger partial charge in [-0.15, -0.1) is 0 Å². The fourth-order valence-electron chi connectivity index (χ4n) is 3.82. The molecule has 4 aromatic rings. The standard InChI is InChI=1S/C23H23N7O3/c1-14(12-31)30-10-20(19-8-25-13-26-23(19)30)22(33)16-4-18(7-24-5-16)28-21(32)11-29-9-17(6-27-29)15-2-3-15/h4-10,13-15,31H,2-3,11-12H2,1H3,(H,28,32)/t14-/m1/s1. The Kier molecular flexibility index (Phi) is 5.43. The third kappa shape index (κ3) is 4.24. The first kappa shape index (κ1) is 21.0. The van der Waals surface area contributed by atoms with Gasteiger partial charge in [-0.2, -0.15) is 5.10 Å². The van der Waals surface area contributed by atoms with E-state index in [0.29, 0.717) is 33.8 Å². The van der Waals surface area contributed by atoms with E-state index in [1.54, 1.807) is 27.7 Å². The monoisotopic (exact) mass is 445 g/mol. The Morgan fingerprint density at radius 2 is 2.03 bits per heavy atom. The molecule has 10 nitrogen and oxygen atoms in total. The van der Waals surface area contributed by atoms with E-state index < -0.39 is 0 Å². The lowest BCUT2D eigenvalue weighted by Crippen LogP contribution is -2.19. The molecule has 0 bridgehead atoms. The molecule has 168 valence electrons. The number of fused-ring (bicyclic) bond motifs is 1. The quantitative estimate of drug-likeness (QED) is 0.398. The number of pyridine rings is 1. The van der Waals surface area contributed by atoms with Gasteiger partial charge in [0.25, 0.3) is 0 Å². The van der Waals surface area contributed by atoms with Gasteiger partial charge in [-0.1, -0.05) is 0 Å². The predicted molar refractivity (Wildman–Crippen MR) is 120 cm³/mol. The molecule has 33 heavy (non-hydrogen) atoms. The van der Waals surface area contributed by atoms with Crippen molar-refractivity contribution in [1.82, 2.24) is 29.3 Å². The van der Waals surface area contributed by atoms with Crippen molar-refractivity contribution in [1.29, 1.82) is 0 Å². The number of aliphatic hydroxyl groups is 1. The highest BCUT2D eigenvalue weighted by atomic mass is 16.3. The molecular weight excluding hydrogens is 422 g/mol. The average Bonchev–Trinajstić information content (AvgIpc) is 3.46. The van der Waals surface area contributed by atoms with Gasteiger partial charge in [0.05, 0.1) is 36.3 Å². The lowest BCUT2D eigenvalue weighted by molar-refractivity contribution is -0.116. The Bertz CT molecular complexity index is 1340. The summed E-state index contributed by atoms with van der Waals surface area (Å²) in [5, 5.41) is 17.2. The van der Waals surface area contributed by atoms with Crippen LogP contribution in [0.5, 0.6) is 0 Å². The third-order valence-electron chi connectivity index (χ3n) is 5.77. The number of rotatable bonds is 8. The first-order valence-corrected chi connectivity index (χ1v) is 10.8. The Labute approximate surface area is 189 Å². The Morgan fingerprint density at radius 1 is 1.18 bits per heavy atom. The van der Waals surface area contributed by atoms with E-state index in [2.05, 4.69) is 25.4 Å². The van der Waals surface area contributed by atoms with E-state index in [1.807, 2.05) is 19.3 Å². The van der Waals surface area contributed by atoms with Crippen LogP contribution in [0.4, 0.5) is 5.69 Å². The van der Waals surface area contributed by atoms with Gasteiger partial charge in [0.1, 0.15) is 18.5 Å². The summed E-state index contributed by atoms with van der Waals surface area (Å²) in [5.41, 5.74) is 2.87. The molecular formula is C23H23N7O3. The first-order chi connectivity index (χ1) is 16.0. The van der Waals surface area contributed by atoms with Crippen LogP contribution in [-0.2, 0) is 11.3 Å². The van der Waals surface area contributed by atoms with Crippen molar-refractivity contribution in [3.8, 4) is 0 Å². The molecule has 0 unspecified atom stereocenters. The molecule has 0 spiro atoms. The highest BCUT2D eigenvalue weighted by Crippen LogP contribution is 2.39. The summed E-state index contributed by atoms with van der Waals surface area (Å²) in [6, 6.07) is 1.34. The largest absolute Gasteiger partial charge is 0.394 e. The van der Waals surface area contributed by atoms with Crippen LogP contribution in [0.15, 0.2) is 49.6 Å². The van der Waals surface area contributed by atoms with Crippen molar-refractivity contribution in [3.63, 3.8) is 0 Å². The maximum absolute atomic E-state index is 13.3. The summed E-state index contributed by atoms with van der Waals surface area (Å²) < 4.78 is 3.37. The molecule has 4 aromatic heterocycles. The van der Waals surface area contributed by atoms with E-state index in [4.69, 9.17) is 0 Å². The van der Waals surface area contributed by atoms with Gasteiger partial charge in [-0.25, -0.2) is 9.97 Å². The lowest BCUT2D eigenvalue weighted by atomic mass is 10.1. The maximum Gasteiger partial charge on any atom is 0.246 e. The number of ketones is 1. The topological polar surface area (TPSA) is 128 Å². The molecule has 0 aliphatic heterocycles. The zero-order valence-corrected chi connectivity index (χ0v) is 18.0. The number of carbonyl (C=O) groups is 2. The molecule has 0 radical (unpaired) electrons. The second-order valence-corrected chi connectivity index (χ2v) is 8.33. The van der Waals surface area contributed by atoms with Crippen molar-refractivity contribution in [2.45, 2.75) is 38.3 Å². The van der Waals surface area contributed by atoms with Crippen LogP contribution >= 0.6 is 0 Å². The van der Waals surface area contributed by atoms with E-state index in [1.165, 1.54) is 31.6 Å². The summed E-state index contributed by atoms with van der Waals surface area (Å²) in [4.78, 5) is 38.2. The van der Waals surface area contributed by atoms with Crippen molar-refractivity contribution < 1.29 is 14.7 Å². The molecule has 0 saturated heterocycles. The molecule has 1 aliphatic carbocycles. The smallest absolute Gasteiger partial charge is 0.246 e. The molecule has 1 amide bonds. The highest BCUT2D eigenvalue weighted by Gasteiger charge is 2.25. The molecule has 4 heterocycles. The number of aromatic nitrogens is 6. The maximum atomic E-state index is 13.3. The summed E-state index contributed by atoms with van der Waals surface area (Å²) in [5.74, 6) is 0.0440. The second-order valence-electron chi connectivity index (χ2n) is 8.33. The molecule has 1 saturated carbocycles. The van der Waals surface area contributed by atoms with Gasteiger partial charge in [0.2, 0.25) is 5.91 Å². The number of hydrogen-bond acceptors (Lipinski definition) is 7. The van der Waals surface area contributed by atoms with Crippen molar-refractivity contribution in [3.05, 3.63) is 66.3 Å². The highest BCUT2D eigenvalue weighted by molar-refractivity contribution is 6.16. The van der Waals surface area contributed by atoms with Gasteiger partial charge in [-0.3, -0.25) is 19.3 Å². The number of hydrogen-bond donors (Lipinski definition) is 2. The molecule has 1 fully saturated rings. The van der Waals surface area contributed by atoms with Crippen LogP contribution in [0.3, 0.4) is 0 Å². The molecule has 1 aliphatic rings. The predicted octanol–water partition coefficient (Wildman–Crippen LogP) is 2.32. The Balaban J connectivity index is 1.35. The van der Waals surface area contributed by atoms with Crippen LogP contribution in [0.1, 0.15) is 53.2 Å². The Hall–Kier alpha value is -3.92. The number of carbonyl (C=O) groups excluding carboxylic acids is 2. The summed E-state index contributed by atoms with van der Waals surface area (Å²) in [7, 11) is 0. The van der Waals surface area contributed by atoms with Crippen molar-refractivity contribution in [2.75, 3.05) is 11.9 Å². The molecule has 2 N–H and O–H groups in total. The second kappa shape index (κ2) is 8.55. The zero-order valence-electron chi connectivity index (χ0n) is 18.0. The summed E-state index contributed by atoms with van der Waals surface area (Å²) >= 11 is 0. The number of nitrogens with one attached hydrogen (secondary N) is 1. The van der Waals surface area contributed by atoms with E-state index in [-0.39, 0.29) is 30.9 Å². The zero-order chi connectivity index (χ0) is 22.9. The fourth-order valence-corrected chi connectivity index (χ4v) is 3.82. The van der Waals surface area contributed by atoms with Crippen molar-refractivity contribution in [2.24, 2.45) is 0 Å². The third-order valence-corrected chi connectivity index (χ3v) is 5.77. The average molecular weight is 445 g/mol. The number of aliphatic hydroxyl groups excluding tert-OH is 1. The van der Waals surface area contributed by atoms with E-state index in [0.717, 1.165) is 5.56 Å². The number of amides is 1. The van der Waals surface area contributed by atoms with E-state index >= 15 is 0 Å². The minimum Gasteiger partial charge on any atom is -0.394 e. The van der Waals surface area contributed by atoms with Gasteiger partial charge >= 0.3 is 0 Å². The van der Waals surface area contributed by atoms with Crippen LogP contribution in [0.25, 0.3) is 11.0 Å². The van der Waals surface area contributed by atoms with Gasteiger partial charge in [0.15, 0.2) is 5.78 Å². The van der Waals surface area contributed by atoms with Crippen LogP contribution in [0.2, 0.25) is 0 Å². The Morgan fingerprint density at radius 3 is 2.82 bits per heavy atom. The van der Waals surface area contributed by atoms with Crippen LogP contribution in [0, 0.1) is 0 Å². The SMILES string of the molecule is C[C@H](CO)n1cc(C(=O)c2cncc(NC(=O)Cn3cc(C4CC4)cn3)c2)c2cncnc21. The lowest BCUT2D eigenvalue weighted by Gasteiger charge is -2.10. The molecule has 5 rings (SSSR count). The fraction of sp³-hybridized carbons (Fsp3) is 0.304. The van der Waals surface area contributed by atoms with Gasteiger partial charge < -0.3 is 15.0 Å². The van der Waals surface area contributed by atoms with Crippen LogP contribution < -0.4 is 5.32 Å². The van der Waals surface area contributed by atoms with Gasteiger partial charge in [-0.05, 0) is 37.3 Å². The molecule has 0 aromatic carbocycles. The molecule has 10 heteroatoms. The first-order valence-electron chi connectivity index (χ1n) is 10.8. The summed E-state index contributed by atoms with van der Waals surface area (Å²) in [6.45, 7) is 1.82. The minimum atomic E-state index is -0.275. The van der Waals surface area contributed by atoms with E-state index in [9.17, 15) is 14.7 Å².